The lowest BCUT2D eigenvalue weighted by Gasteiger charge is -2.22. The van der Waals surface area contributed by atoms with E-state index in [2.05, 4.69) is 52.7 Å². The molecule has 1 fully saturated rings. The van der Waals surface area contributed by atoms with E-state index >= 15 is 0 Å². The van der Waals surface area contributed by atoms with Crippen LogP contribution >= 0.6 is 0 Å². The number of hydrogen-bond donors (Lipinski definition) is 2. The van der Waals surface area contributed by atoms with Gasteiger partial charge < -0.3 is 20.4 Å². The number of likely N-dealkylation sites (N-methyl/N-ethyl adjacent to an activating group) is 1. The van der Waals surface area contributed by atoms with Crippen molar-refractivity contribution >= 4 is 23.1 Å². The monoisotopic (exact) mass is 425 g/mol. The molecule has 2 amide bonds. The van der Waals surface area contributed by atoms with Crippen LogP contribution in [-0.4, -0.2) is 44.2 Å². The highest BCUT2D eigenvalue weighted by Gasteiger charge is 2.23. The fraction of sp³-hybridized carbons (Fsp3) is 0.231. The van der Waals surface area contributed by atoms with Gasteiger partial charge in [0.1, 0.15) is 0 Å². The molecule has 2 N–H and O–H groups in total. The van der Waals surface area contributed by atoms with Gasteiger partial charge in [0.05, 0.1) is 11.6 Å². The number of urea groups is 1. The minimum Gasteiger partial charge on any atom is -0.370 e. The van der Waals surface area contributed by atoms with E-state index in [1.165, 1.54) is 12.1 Å². The third kappa shape index (κ3) is 5.08. The molecular formula is C26H27N5O. The summed E-state index contributed by atoms with van der Waals surface area (Å²) in [4.78, 5) is 17.1. The Morgan fingerprint density at radius 2 is 1.44 bits per heavy atom. The molecule has 1 heterocycles. The van der Waals surface area contributed by atoms with Crippen LogP contribution in [0, 0.1) is 11.3 Å². The number of carbonyl (C=O) groups excluding carboxylic acids is 1. The zero-order valence-electron chi connectivity index (χ0n) is 18.4. The van der Waals surface area contributed by atoms with E-state index in [4.69, 9.17) is 5.26 Å². The first-order chi connectivity index (χ1) is 15.5. The highest BCUT2D eigenvalue weighted by atomic mass is 16.2. The maximum atomic E-state index is 12.4. The summed E-state index contributed by atoms with van der Waals surface area (Å²) in [5.74, 6) is 0. The van der Waals surface area contributed by atoms with Gasteiger partial charge in [-0.05, 0) is 80.2 Å². The Morgan fingerprint density at radius 1 is 0.906 bits per heavy atom. The molecule has 162 valence electrons. The molecule has 1 aliphatic heterocycles. The molecule has 1 atom stereocenters. The largest absolute Gasteiger partial charge is 0.370 e. The Balaban J connectivity index is 1.32. The van der Waals surface area contributed by atoms with Crippen LogP contribution in [0.2, 0.25) is 0 Å². The van der Waals surface area contributed by atoms with Gasteiger partial charge in [-0.1, -0.05) is 24.3 Å². The second-order valence-corrected chi connectivity index (χ2v) is 8.24. The van der Waals surface area contributed by atoms with Crippen molar-refractivity contribution < 1.29 is 4.79 Å². The normalized spacial score (nSPS) is 15.4. The van der Waals surface area contributed by atoms with Crippen LogP contribution in [0.3, 0.4) is 0 Å². The zero-order chi connectivity index (χ0) is 22.5. The van der Waals surface area contributed by atoms with Gasteiger partial charge >= 0.3 is 6.03 Å². The highest BCUT2D eigenvalue weighted by Crippen LogP contribution is 2.24. The number of carbonyl (C=O) groups is 1. The van der Waals surface area contributed by atoms with Crippen LogP contribution in [0.15, 0.2) is 72.8 Å². The molecule has 1 unspecified atom stereocenters. The molecular weight excluding hydrogens is 398 g/mol. The van der Waals surface area contributed by atoms with E-state index in [0.29, 0.717) is 17.3 Å². The van der Waals surface area contributed by atoms with Crippen molar-refractivity contribution in [2.24, 2.45) is 0 Å². The van der Waals surface area contributed by atoms with Crippen LogP contribution in [0.25, 0.3) is 11.1 Å². The van der Waals surface area contributed by atoms with Gasteiger partial charge in [-0.15, -0.1) is 0 Å². The topological polar surface area (TPSA) is 71.4 Å². The first-order valence-corrected chi connectivity index (χ1v) is 10.7. The Labute approximate surface area is 189 Å². The van der Waals surface area contributed by atoms with Gasteiger partial charge in [0.15, 0.2) is 0 Å². The van der Waals surface area contributed by atoms with E-state index in [1.54, 1.807) is 12.1 Å². The SMILES string of the molecule is CN(C)C1CCN(c2ccc(NC(=O)Nc3ccc(-c4ccc(C#N)cc4)cc3)cc2)C1. The maximum Gasteiger partial charge on any atom is 0.323 e. The van der Waals surface area contributed by atoms with E-state index in [0.717, 1.165) is 29.9 Å². The molecule has 0 radical (unpaired) electrons. The van der Waals surface area contributed by atoms with Gasteiger partial charge in [0, 0.05) is 36.2 Å². The molecule has 1 saturated heterocycles. The summed E-state index contributed by atoms with van der Waals surface area (Å²) < 4.78 is 0. The van der Waals surface area contributed by atoms with Crippen molar-refractivity contribution in [2.45, 2.75) is 12.5 Å². The van der Waals surface area contributed by atoms with Gasteiger partial charge in [0.25, 0.3) is 0 Å². The van der Waals surface area contributed by atoms with Crippen LogP contribution in [0.1, 0.15) is 12.0 Å². The predicted molar refractivity (Wildman–Crippen MR) is 130 cm³/mol. The van der Waals surface area contributed by atoms with Crippen molar-refractivity contribution in [3.8, 4) is 17.2 Å². The number of amides is 2. The van der Waals surface area contributed by atoms with Crippen LogP contribution in [-0.2, 0) is 0 Å². The summed E-state index contributed by atoms with van der Waals surface area (Å²) in [5.41, 5.74) is 5.32. The smallest absolute Gasteiger partial charge is 0.323 e. The molecule has 32 heavy (non-hydrogen) atoms. The fourth-order valence-electron chi connectivity index (χ4n) is 3.93. The molecule has 0 saturated carbocycles. The van der Waals surface area contributed by atoms with Crippen molar-refractivity contribution in [2.75, 3.05) is 42.7 Å². The van der Waals surface area contributed by atoms with Crippen LogP contribution in [0.4, 0.5) is 21.9 Å². The number of anilines is 3. The van der Waals surface area contributed by atoms with Gasteiger partial charge in [0.2, 0.25) is 0 Å². The fourth-order valence-corrected chi connectivity index (χ4v) is 3.93. The molecule has 0 bridgehead atoms. The van der Waals surface area contributed by atoms with Crippen molar-refractivity contribution in [1.82, 2.24) is 4.90 Å². The summed E-state index contributed by atoms with van der Waals surface area (Å²) in [6, 6.07) is 25.5. The maximum absolute atomic E-state index is 12.4. The second kappa shape index (κ2) is 9.54. The molecule has 0 aliphatic carbocycles. The zero-order valence-corrected chi connectivity index (χ0v) is 18.4. The predicted octanol–water partition coefficient (Wildman–Crippen LogP) is 5.01. The molecule has 6 nitrogen and oxygen atoms in total. The number of nitrogens with one attached hydrogen (secondary N) is 2. The number of nitriles is 1. The van der Waals surface area contributed by atoms with Gasteiger partial charge in [-0.25, -0.2) is 4.79 Å². The molecule has 3 aromatic rings. The van der Waals surface area contributed by atoms with Gasteiger partial charge in [-0.2, -0.15) is 5.26 Å². The van der Waals surface area contributed by atoms with Crippen molar-refractivity contribution in [3.05, 3.63) is 78.4 Å². The van der Waals surface area contributed by atoms with E-state index < -0.39 is 0 Å². The number of benzene rings is 3. The third-order valence-electron chi connectivity index (χ3n) is 5.87. The molecule has 4 rings (SSSR count). The lowest BCUT2D eigenvalue weighted by atomic mass is 10.0. The summed E-state index contributed by atoms with van der Waals surface area (Å²) in [5, 5.41) is 14.7. The van der Waals surface area contributed by atoms with Crippen LogP contribution in [0.5, 0.6) is 0 Å². The third-order valence-corrected chi connectivity index (χ3v) is 5.87. The summed E-state index contributed by atoms with van der Waals surface area (Å²) in [6.45, 7) is 2.08. The number of hydrogen-bond acceptors (Lipinski definition) is 4. The number of rotatable bonds is 5. The van der Waals surface area contributed by atoms with Crippen LogP contribution < -0.4 is 15.5 Å². The van der Waals surface area contributed by atoms with Gasteiger partial charge in [-0.3, -0.25) is 0 Å². The minimum absolute atomic E-state index is 0.280. The standard InChI is InChI=1S/C26H27N5O/c1-30(2)25-15-16-31(18-25)24-13-11-23(12-14-24)29-26(32)28-22-9-7-21(8-10-22)20-5-3-19(17-27)4-6-20/h3-14,25H,15-16,18H2,1-2H3,(H2,28,29,32). The summed E-state index contributed by atoms with van der Waals surface area (Å²) in [6.07, 6.45) is 1.17. The van der Waals surface area contributed by atoms with Crippen molar-refractivity contribution in [1.29, 1.82) is 5.26 Å². The minimum atomic E-state index is -0.280. The molecule has 0 aromatic heterocycles. The lowest BCUT2D eigenvalue weighted by Crippen LogP contribution is -2.31. The first-order valence-electron chi connectivity index (χ1n) is 10.7. The molecule has 6 heteroatoms. The van der Waals surface area contributed by atoms with E-state index in [1.807, 2.05) is 48.5 Å². The Kier molecular flexibility index (Phi) is 6.39. The lowest BCUT2D eigenvalue weighted by molar-refractivity contribution is 0.262. The Hall–Kier alpha value is -3.82. The van der Waals surface area contributed by atoms with Crippen molar-refractivity contribution in [3.63, 3.8) is 0 Å². The average molecular weight is 426 g/mol. The summed E-state index contributed by atoms with van der Waals surface area (Å²) in [7, 11) is 4.25. The highest BCUT2D eigenvalue weighted by molar-refractivity contribution is 6.00. The second-order valence-electron chi connectivity index (χ2n) is 8.24. The number of nitrogens with zero attached hydrogens (tertiary/aromatic N) is 3. The Morgan fingerprint density at radius 3 is 1.94 bits per heavy atom. The Bertz CT molecular complexity index is 1100. The molecule has 3 aromatic carbocycles. The van der Waals surface area contributed by atoms with E-state index in [-0.39, 0.29) is 6.03 Å². The molecule has 0 spiro atoms. The quantitative estimate of drug-likeness (QED) is 0.603. The first kappa shape index (κ1) is 21.4. The molecule has 1 aliphatic rings. The summed E-state index contributed by atoms with van der Waals surface area (Å²) >= 11 is 0. The van der Waals surface area contributed by atoms with E-state index in [9.17, 15) is 4.79 Å². The average Bonchev–Trinajstić information content (AvgIpc) is 3.31.